The summed E-state index contributed by atoms with van der Waals surface area (Å²) in [6.45, 7) is 12.6. The lowest BCUT2D eigenvalue weighted by Crippen LogP contribution is -2.47. The Labute approximate surface area is 142 Å². The van der Waals surface area contributed by atoms with Gasteiger partial charge in [-0.2, -0.15) is 0 Å². The van der Waals surface area contributed by atoms with Crippen LogP contribution in [0.2, 0.25) is 0 Å². The first-order valence-electron chi connectivity index (χ1n) is 9.43. The van der Waals surface area contributed by atoms with Gasteiger partial charge in [0.1, 0.15) is 0 Å². The summed E-state index contributed by atoms with van der Waals surface area (Å²) < 4.78 is 0. The van der Waals surface area contributed by atoms with Crippen LogP contribution < -0.4 is 5.32 Å². The average Bonchev–Trinajstić information content (AvgIpc) is 2.62. The summed E-state index contributed by atoms with van der Waals surface area (Å²) in [4.78, 5) is 9.97. The van der Waals surface area contributed by atoms with E-state index >= 15 is 0 Å². The van der Waals surface area contributed by atoms with Crippen molar-refractivity contribution in [2.45, 2.75) is 45.6 Å². The molecular formula is C19H34N4. The lowest BCUT2D eigenvalue weighted by atomic mass is 10.1. The van der Waals surface area contributed by atoms with E-state index in [1.54, 1.807) is 0 Å². The highest BCUT2D eigenvalue weighted by atomic mass is 15.2. The number of pyridine rings is 1. The molecule has 130 valence electrons. The lowest BCUT2D eigenvalue weighted by Gasteiger charge is -2.37. The van der Waals surface area contributed by atoms with Crippen molar-refractivity contribution in [1.82, 2.24) is 20.1 Å². The molecule has 2 heterocycles. The van der Waals surface area contributed by atoms with Gasteiger partial charge in [-0.15, -0.1) is 0 Å². The van der Waals surface area contributed by atoms with E-state index in [1.165, 1.54) is 44.5 Å². The van der Waals surface area contributed by atoms with Crippen molar-refractivity contribution in [2.24, 2.45) is 0 Å². The van der Waals surface area contributed by atoms with Crippen LogP contribution in [-0.4, -0.2) is 60.6 Å². The van der Waals surface area contributed by atoms with Crippen LogP contribution in [-0.2, 0) is 0 Å². The summed E-state index contributed by atoms with van der Waals surface area (Å²) >= 11 is 0. The second-order valence-electron chi connectivity index (χ2n) is 6.56. The molecule has 2 rings (SSSR count). The number of rotatable bonds is 10. The van der Waals surface area contributed by atoms with Crippen LogP contribution >= 0.6 is 0 Å². The van der Waals surface area contributed by atoms with E-state index in [1.807, 2.05) is 12.3 Å². The number of hydrogen-bond donors (Lipinski definition) is 1. The van der Waals surface area contributed by atoms with Gasteiger partial charge in [-0.05, 0) is 38.1 Å². The van der Waals surface area contributed by atoms with Crippen LogP contribution in [0.5, 0.6) is 0 Å². The molecule has 1 atom stereocenters. The molecule has 0 aromatic carbocycles. The Hall–Kier alpha value is -0.970. The Morgan fingerprint density at radius 1 is 1.13 bits per heavy atom. The predicted molar refractivity (Wildman–Crippen MR) is 97.7 cm³/mol. The molecule has 1 aromatic heterocycles. The normalized spacial score (nSPS) is 17.5. The number of piperazine rings is 1. The number of unbranched alkanes of at least 4 members (excludes halogenated alkanes) is 2. The van der Waals surface area contributed by atoms with Gasteiger partial charge in [0, 0.05) is 38.9 Å². The smallest absolute Gasteiger partial charge is 0.0649 e. The molecule has 1 aromatic rings. The maximum atomic E-state index is 4.70. The highest BCUT2D eigenvalue weighted by Crippen LogP contribution is 2.22. The van der Waals surface area contributed by atoms with Crippen LogP contribution in [0.25, 0.3) is 0 Å². The van der Waals surface area contributed by atoms with E-state index < -0.39 is 0 Å². The zero-order valence-corrected chi connectivity index (χ0v) is 15.0. The fourth-order valence-corrected chi connectivity index (χ4v) is 3.25. The zero-order chi connectivity index (χ0) is 16.3. The lowest BCUT2D eigenvalue weighted by molar-refractivity contribution is 0.123. The van der Waals surface area contributed by atoms with Crippen LogP contribution in [0.15, 0.2) is 24.4 Å². The summed E-state index contributed by atoms with van der Waals surface area (Å²) in [6, 6.07) is 6.78. The number of aromatic nitrogens is 1. The Morgan fingerprint density at radius 3 is 2.39 bits per heavy atom. The molecule has 1 aliphatic rings. The predicted octanol–water partition coefficient (Wildman–Crippen LogP) is 2.93. The standard InChI is InChI=1S/C19H34N4/c1-3-5-13-23(14-6-4-2)19(18-9-7-8-10-21-18)17-22-15-11-20-12-16-22/h7-10,19-20H,3-6,11-17H2,1-2H3. The van der Waals surface area contributed by atoms with Crippen molar-refractivity contribution < 1.29 is 0 Å². The summed E-state index contributed by atoms with van der Waals surface area (Å²) in [5, 5.41) is 3.45. The number of hydrogen-bond acceptors (Lipinski definition) is 4. The van der Waals surface area contributed by atoms with E-state index in [4.69, 9.17) is 4.98 Å². The molecule has 0 amide bonds. The minimum atomic E-state index is 0.424. The van der Waals surface area contributed by atoms with Gasteiger partial charge < -0.3 is 5.32 Å². The minimum Gasteiger partial charge on any atom is -0.314 e. The molecule has 1 aliphatic heterocycles. The van der Waals surface area contributed by atoms with Crippen molar-refractivity contribution in [2.75, 3.05) is 45.8 Å². The minimum absolute atomic E-state index is 0.424. The Morgan fingerprint density at radius 2 is 1.83 bits per heavy atom. The van der Waals surface area contributed by atoms with E-state index in [9.17, 15) is 0 Å². The van der Waals surface area contributed by atoms with Crippen molar-refractivity contribution in [3.63, 3.8) is 0 Å². The quantitative estimate of drug-likeness (QED) is 0.719. The van der Waals surface area contributed by atoms with Gasteiger partial charge in [-0.3, -0.25) is 14.8 Å². The zero-order valence-electron chi connectivity index (χ0n) is 15.0. The molecule has 4 nitrogen and oxygen atoms in total. The van der Waals surface area contributed by atoms with Gasteiger partial charge in [-0.1, -0.05) is 32.8 Å². The summed E-state index contributed by atoms with van der Waals surface area (Å²) in [6.07, 6.45) is 7.00. The van der Waals surface area contributed by atoms with Gasteiger partial charge in [0.05, 0.1) is 11.7 Å². The third-order valence-corrected chi connectivity index (χ3v) is 4.71. The Kier molecular flexibility index (Phi) is 8.58. The van der Waals surface area contributed by atoms with Crippen molar-refractivity contribution in [1.29, 1.82) is 0 Å². The highest BCUT2D eigenvalue weighted by molar-refractivity contribution is 5.10. The summed E-state index contributed by atoms with van der Waals surface area (Å²) in [7, 11) is 0. The third kappa shape index (κ3) is 6.21. The Bertz CT molecular complexity index is 395. The summed E-state index contributed by atoms with van der Waals surface area (Å²) in [5.41, 5.74) is 1.23. The third-order valence-electron chi connectivity index (χ3n) is 4.71. The van der Waals surface area contributed by atoms with Crippen molar-refractivity contribution in [3.05, 3.63) is 30.1 Å². The molecule has 1 fully saturated rings. The molecular weight excluding hydrogens is 284 g/mol. The van der Waals surface area contributed by atoms with Gasteiger partial charge >= 0.3 is 0 Å². The molecule has 0 radical (unpaired) electrons. The van der Waals surface area contributed by atoms with E-state index in [0.717, 1.165) is 32.7 Å². The largest absolute Gasteiger partial charge is 0.314 e. The average molecular weight is 319 g/mol. The van der Waals surface area contributed by atoms with E-state index in [0.29, 0.717) is 6.04 Å². The molecule has 0 spiro atoms. The molecule has 4 heteroatoms. The molecule has 0 aliphatic carbocycles. The Balaban J connectivity index is 2.11. The van der Waals surface area contributed by atoms with Crippen molar-refractivity contribution >= 4 is 0 Å². The van der Waals surface area contributed by atoms with Crippen molar-refractivity contribution in [3.8, 4) is 0 Å². The highest BCUT2D eigenvalue weighted by Gasteiger charge is 2.24. The number of nitrogens with one attached hydrogen (secondary N) is 1. The van der Waals surface area contributed by atoms with Crippen LogP contribution in [0, 0.1) is 0 Å². The monoisotopic (exact) mass is 318 g/mol. The van der Waals surface area contributed by atoms with Gasteiger partial charge in [0.15, 0.2) is 0 Å². The summed E-state index contributed by atoms with van der Waals surface area (Å²) in [5.74, 6) is 0. The van der Waals surface area contributed by atoms with Crippen LogP contribution in [0.4, 0.5) is 0 Å². The first kappa shape index (κ1) is 18.4. The van der Waals surface area contributed by atoms with Gasteiger partial charge in [-0.25, -0.2) is 0 Å². The van der Waals surface area contributed by atoms with E-state index in [2.05, 4.69) is 41.1 Å². The van der Waals surface area contributed by atoms with Crippen LogP contribution in [0.3, 0.4) is 0 Å². The molecule has 0 saturated carbocycles. The molecule has 0 bridgehead atoms. The SMILES string of the molecule is CCCCN(CCCC)C(CN1CCNCC1)c1ccccn1. The molecule has 1 saturated heterocycles. The molecule has 1 N–H and O–H groups in total. The fourth-order valence-electron chi connectivity index (χ4n) is 3.25. The van der Waals surface area contributed by atoms with E-state index in [-0.39, 0.29) is 0 Å². The van der Waals surface area contributed by atoms with Gasteiger partial charge in [0.2, 0.25) is 0 Å². The maximum absolute atomic E-state index is 4.70. The first-order chi connectivity index (χ1) is 11.3. The first-order valence-corrected chi connectivity index (χ1v) is 9.43. The number of nitrogens with zero attached hydrogens (tertiary/aromatic N) is 3. The topological polar surface area (TPSA) is 31.4 Å². The second kappa shape index (κ2) is 10.7. The second-order valence-corrected chi connectivity index (χ2v) is 6.56. The molecule has 23 heavy (non-hydrogen) atoms. The molecule has 1 unspecified atom stereocenters. The van der Waals surface area contributed by atoms with Gasteiger partial charge in [0.25, 0.3) is 0 Å². The fraction of sp³-hybridized carbons (Fsp3) is 0.737. The van der Waals surface area contributed by atoms with Crippen LogP contribution in [0.1, 0.15) is 51.3 Å². The maximum Gasteiger partial charge on any atom is 0.0649 e.